The Labute approximate surface area is 106 Å². The molecule has 1 saturated heterocycles. The zero-order chi connectivity index (χ0) is 13.2. The van der Waals surface area contributed by atoms with Crippen molar-refractivity contribution in [1.29, 1.82) is 0 Å². The number of nitrogens with two attached hydrogens (primary N) is 1. The highest BCUT2D eigenvalue weighted by molar-refractivity contribution is 6.07. The lowest BCUT2D eigenvalue weighted by atomic mass is 9.67. The van der Waals surface area contributed by atoms with Crippen LogP contribution in [0.25, 0.3) is 0 Å². The third kappa shape index (κ3) is 2.05. The number of carbonyl (C=O) groups excluding carboxylic acids is 1. The Morgan fingerprint density at radius 2 is 2.22 bits per heavy atom. The number of rotatable bonds is 4. The van der Waals surface area contributed by atoms with E-state index in [9.17, 15) is 4.79 Å². The Morgan fingerprint density at radius 1 is 1.50 bits per heavy atom. The van der Waals surface area contributed by atoms with E-state index in [1.54, 1.807) is 4.90 Å². The molecule has 1 amide bonds. The molecule has 0 aromatic heterocycles. The van der Waals surface area contributed by atoms with Crippen molar-refractivity contribution in [3.05, 3.63) is 0 Å². The molecule has 18 heavy (non-hydrogen) atoms. The fourth-order valence-electron chi connectivity index (χ4n) is 2.94. The van der Waals surface area contributed by atoms with Gasteiger partial charge in [0.2, 0.25) is 5.91 Å². The lowest BCUT2D eigenvalue weighted by molar-refractivity contribution is -0.141. The Hall–Kier alpha value is -1.30. The molecule has 1 saturated carbocycles. The lowest BCUT2D eigenvalue weighted by Crippen LogP contribution is -2.54. The first-order valence-electron chi connectivity index (χ1n) is 6.52. The maximum atomic E-state index is 12.5. The van der Waals surface area contributed by atoms with E-state index < -0.39 is 5.41 Å². The van der Waals surface area contributed by atoms with E-state index in [-0.39, 0.29) is 18.3 Å². The van der Waals surface area contributed by atoms with Crippen LogP contribution < -0.4 is 5.73 Å². The van der Waals surface area contributed by atoms with Crippen LogP contribution in [0, 0.1) is 11.3 Å². The largest absolute Gasteiger partial charge is 0.409 e. The van der Waals surface area contributed by atoms with E-state index in [1.807, 2.05) is 0 Å². The Kier molecular flexibility index (Phi) is 3.75. The molecule has 0 radical (unpaired) electrons. The van der Waals surface area contributed by atoms with Crippen LogP contribution >= 0.6 is 0 Å². The summed E-state index contributed by atoms with van der Waals surface area (Å²) >= 11 is 0. The number of likely N-dealkylation sites (tertiary alicyclic amines) is 1. The molecule has 1 heterocycles. The van der Waals surface area contributed by atoms with E-state index in [0.29, 0.717) is 31.8 Å². The fourth-order valence-corrected chi connectivity index (χ4v) is 2.94. The number of carbonyl (C=O) groups is 1. The van der Waals surface area contributed by atoms with Crippen molar-refractivity contribution in [2.75, 3.05) is 19.7 Å². The highest BCUT2D eigenvalue weighted by Crippen LogP contribution is 2.43. The maximum Gasteiger partial charge on any atom is 0.236 e. The van der Waals surface area contributed by atoms with Crippen molar-refractivity contribution >= 4 is 11.7 Å². The summed E-state index contributed by atoms with van der Waals surface area (Å²) in [5.74, 6) is 0.414. The summed E-state index contributed by atoms with van der Waals surface area (Å²) in [4.78, 5) is 14.3. The van der Waals surface area contributed by atoms with Gasteiger partial charge in [-0.15, -0.1) is 0 Å². The van der Waals surface area contributed by atoms with Crippen LogP contribution in [0.4, 0.5) is 0 Å². The Bertz CT molecular complexity index is 352. The van der Waals surface area contributed by atoms with E-state index in [2.05, 4.69) is 5.16 Å². The average molecular weight is 255 g/mol. The molecule has 102 valence electrons. The lowest BCUT2D eigenvalue weighted by Gasteiger charge is -2.41. The van der Waals surface area contributed by atoms with Crippen molar-refractivity contribution in [1.82, 2.24) is 4.90 Å². The second kappa shape index (κ2) is 5.14. The number of amidine groups is 1. The number of hydrogen-bond acceptors (Lipinski definition) is 4. The summed E-state index contributed by atoms with van der Waals surface area (Å²) in [6.45, 7) is 1.56. The van der Waals surface area contributed by atoms with Crippen LogP contribution in [-0.4, -0.2) is 46.7 Å². The quantitative estimate of drug-likeness (QED) is 0.288. The van der Waals surface area contributed by atoms with Gasteiger partial charge in [-0.05, 0) is 31.6 Å². The normalized spacial score (nSPS) is 27.1. The second-order valence-corrected chi connectivity index (χ2v) is 5.34. The molecule has 1 atom stereocenters. The first kappa shape index (κ1) is 13.1. The molecule has 1 unspecified atom stereocenters. The first-order valence-corrected chi connectivity index (χ1v) is 6.52. The summed E-state index contributed by atoms with van der Waals surface area (Å²) in [5, 5.41) is 20.8. The van der Waals surface area contributed by atoms with Gasteiger partial charge >= 0.3 is 0 Å². The van der Waals surface area contributed by atoms with Crippen LogP contribution in [0.2, 0.25) is 0 Å². The van der Waals surface area contributed by atoms with Crippen molar-refractivity contribution in [3.63, 3.8) is 0 Å². The highest BCUT2D eigenvalue weighted by Gasteiger charge is 2.51. The van der Waals surface area contributed by atoms with E-state index >= 15 is 0 Å². The van der Waals surface area contributed by atoms with Gasteiger partial charge in [0.05, 0.1) is 0 Å². The Balaban J connectivity index is 2.03. The zero-order valence-corrected chi connectivity index (χ0v) is 10.5. The first-order chi connectivity index (χ1) is 8.64. The third-order valence-electron chi connectivity index (χ3n) is 4.32. The maximum absolute atomic E-state index is 12.5. The van der Waals surface area contributed by atoms with Crippen LogP contribution in [0.5, 0.6) is 0 Å². The minimum atomic E-state index is -0.761. The SMILES string of the molecule is NC(=NO)C1(C(=O)N2CCC(CCO)C2)CCC1. The zero-order valence-electron chi connectivity index (χ0n) is 10.5. The number of aliphatic hydroxyl groups excluding tert-OH is 1. The third-order valence-corrected chi connectivity index (χ3v) is 4.32. The van der Waals surface area contributed by atoms with Crippen LogP contribution in [0.1, 0.15) is 32.1 Å². The van der Waals surface area contributed by atoms with Gasteiger partial charge in [-0.3, -0.25) is 4.79 Å². The molecule has 6 heteroatoms. The highest BCUT2D eigenvalue weighted by atomic mass is 16.4. The minimum Gasteiger partial charge on any atom is -0.409 e. The van der Waals surface area contributed by atoms with Gasteiger partial charge in [-0.1, -0.05) is 11.6 Å². The molecule has 0 aromatic rings. The molecule has 2 aliphatic rings. The molecular weight excluding hydrogens is 234 g/mol. The predicted octanol–water partition coefficient (Wildman–Crippen LogP) is 0.134. The summed E-state index contributed by atoms with van der Waals surface area (Å²) < 4.78 is 0. The number of hydrogen-bond donors (Lipinski definition) is 3. The van der Waals surface area contributed by atoms with Gasteiger partial charge in [0.25, 0.3) is 0 Å². The van der Waals surface area contributed by atoms with Crippen molar-refractivity contribution in [2.45, 2.75) is 32.1 Å². The number of amides is 1. The summed E-state index contributed by atoms with van der Waals surface area (Å²) in [6.07, 6.45) is 3.94. The number of nitrogens with zero attached hydrogens (tertiary/aromatic N) is 2. The minimum absolute atomic E-state index is 0.00973. The topological polar surface area (TPSA) is 99.2 Å². The van der Waals surface area contributed by atoms with Crippen LogP contribution in [-0.2, 0) is 4.79 Å². The summed E-state index contributed by atoms with van der Waals surface area (Å²) in [5.41, 5.74) is 4.93. The molecule has 1 aliphatic heterocycles. The monoisotopic (exact) mass is 255 g/mol. The second-order valence-electron chi connectivity index (χ2n) is 5.34. The van der Waals surface area contributed by atoms with E-state index in [4.69, 9.17) is 16.0 Å². The molecule has 0 spiro atoms. The van der Waals surface area contributed by atoms with Gasteiger partial charge in [-0.25, -0.2) is 0 Å². The molecule has 0 bridgehead atoms. The Morgan fingerprint density at radius 3 is 2.72 bits per heavy atom. The molecule has 2 rings (SSSR count). The van der Waals surface area contributed by atoms with E-state index in [1.165, 1.54) is 0 Å². The smallest absolute Gasteiger partial charge is 0.236 e. The van der Waals surface area contributed by atoms with Crippen molar-refractivity contribution in [2.24, 2.45) is 22.2 Å². The number of aliphatic hydroxyl groups is 1. The molecule has 6 nitrogen and oxygen atoms in total. The fraction of sp³-hybridized carbons (Fsp3) is 0.833. The van der Waals surface area contributed by atoms with Crippen LogP contribution in [0.3, 0.4) is 0 Å². The molecule has 4 N–H and O–H groups in total. The summed E-state index contributed by atoms with van der Waals surface area (Å²) in [7, 11) is 0. The van der Waals surface area contributed by atoms with Gasteiger partial charge in [0, 0.05) is 19.7 Å². The molecular formula is C12H21N3O3. The summed E-state index contributed by atoms with van der Waals surface area (Å²) in [6, 6.07) is 0. The molecule has 0 aromatic carbocycles. The van der Waals surface area contributed by atoms with Crippen LogP contribution in [0.15, 0.2) is 5.16 Å². The van der Waals surface area contributed by atoms with Crippen molar-refractivity contribution < 1.29 is 15.1 Å². The van der Waals surface area contributed by atoms with E-state index in [0.717, 1.165) is 19.3 Å². The van der Waals surface area contributed by atoms with Gasteiger partial charge in [-0.2, -0.15) is 0 Å². The molecule has 1 aliphatic carbocycles. The van der Waals surface area contributed by atoms with Crippen molar-refractivity contribution in [3.8, 4) is 0 Å². The van der Waals surface area contributed by atoms with Gasteiger partial charge in [0.15, 0.2) is 5.84 Å². The molecule has 2 fully saturated rings. The number of oxime groups is 1. The predicted molar refractivity (Wildman–Crippen MR) is 66.1 cm³/mol. The standard InChI is InChI=1S/C12H21N3O3/c13-10(14-18)12(4-1-5-12)11(17)15-6-2-9(8-15)3-7-16/h9,16,18H,1-8H2,(H2,13,14). The van der Waals surface area contributed by atoms with Gasteiger partial charge in [0.1, 0.15) is 5.41 Å². The average Bonchev–Trinajstić information content (AvgIpc) is 2.76. The van der Waals surface area contributed by atoms with Gasteiger partial charge < -0.3 is 20.9 Å².